The lowest BCUT2D eigenvalue weighted by molar-refractivity contribution is -0.140. The average molecular weight is 492 g/mol. The zero-order chi connectivity index (χ0) is 26.0. The number of carbonyl (C=O) groups excluding carboxylic acids is 2. The van der Waals surface area contributed by atoms with Crippen molar-refractivity contribution in [3.63, 3.8) is 0 Å². The van der Waals surface area contributed by atoms with E-state index in [9.17, 15) is 14.7 Å². The van der Waals surface area contributed by atoms with Gasteiger partial charge in [0.1, 0.15) is 11.5 Å². The van der Waals surface area contributed by atoms with Gasteiger partial charge in [0.15, 0.2) is 11.5 Å². The second-order valence-electron chi connectivity index (χ2n) is 9.71. The second kappa shape index (κ2) is 10.5. The number of hydrogen-bond donors (Lipinski definition) is 2. The molecule has 0 fully saturated rings. The van der Waals surface area contributed by atoms with Crippen LogP contribution < -0.4 is 14.8 Å². The largest absolute Gasteiger partial charge is 0.504 e. The predicted octanol–water partition coefficient (Wildman–Crippen LogP) is 4.83. The highest BCUT2D eigenvalue weighted by Gasteiger charge is 2.45. The number of aromatic hydroxyl groups is 1. The number of nitrogens with one attached hydrogen (secondary N) is 1. The number of ether oxygens (including phenoxy) is 3. The van der Waals surface area contributed by atoms with Crippen molar-refractivity contribution in [1.82, 2.24) is 5.32 Å². The molecule has 0 saturated heterocycles. The number of phenolic OH excluding ortho intramolecular Hbond substituents is 1. The normalized spacial score (nSPS) is 21.4. The molecule has 0 bridgehead atoms. The van der Waals surface area contributed by atoms with Crippen molar-refractivity contribution in [1.29, 1.82) is 0 Å². The molecule has 0 amide bonds. The molecule has 2 aromatic rings. The highest BCUT2D eigenvalue weighted by atomic mass is 16.5. The fourth-order valence-corrected chi connectivity index (χ4v) is 4.98. The first-order valence-electron chi connectivity index (χ1n) is 12.1. The Bertz CT molecular complexity index is 1210. The molecule has 1 aliphatic carbocycles. The van der Waals surface area contributed by atoms with E-state index in [1.165, 1.54) is 13.2 Å². The van der Waals surface area contributed by atoms with Gasteiger partial charge in [-0.2, -0.15) is 0 Å². The van der Waals surface area contributed by atoms with Crippen LogP contribution >= 0.6 is 0 Å². The zero-order valence-corrected chi connectivity index (χ0v) is 21.3. The van der Waals surface area contributed by atoms with Gasteiger partial charge in [-0.25, -0.2) is 4.79 Å². The molecule has 190 valence electrons. The first-order chi connectivity index (χ1) is 17.2. The Labute approximate surface area is 211 Å². The van der Waals surface area contributed by atoms with Crippen LogP contribution in [0.2, 0.25) is 0 Å². The molecular formula is C29H33NO6. The smallest absolute Gasteiger partial charge is 0.336 e. The van der Waals surface area contributed by atoms with E-state index >= 15 is 0 Å². The van der Waals surface area contributed by atoms with Gasteiger partial charge in [-0.05, 0) is 48.2 Å². The van der Waals surface area contributed by atoms with E-state index in [0.29, 0.717) is 23.3 Å². The molecule has 0 aromatic heterocycles. The van der Waals surface area contributed by atoms with Crippen LogP contribution in [-0.4, -0.2) is 37.7 Å². The summed E-state index contributed by atoms with van der Waals surface area (Å²) in [5.74, 6) is -0.472. The third-order valence-corrected chi connectivity index (χ3v) is 6.74. The highest BCUT2D eigenvalue weighted by Crippen LogP contribution is 2.47. The Morgan fingerprint density at radius 3 is 2.39 bits per heavy atom. The maximum atomic E-state index is 13.7. The van der Waals surface area contributed by atoms with E-state index in [2.05, 4.69) is 11.4 Å². The van der Waals surface area contributed by atoms with Crippen LogP contribution in [0.4, 0.5) is 0 Å². The van der Waals surface area contributed by atoms with E-state index in [-0.39, 0.29) is 35.7 Å². The quantitative estimate of drug-likeness (QED) is 0.536. The summed E-state index contributed by atoms with van der Waals surface area (Å²) < 4.78 is 16.2. The molecule has 2 aliphatic rings. The monoisotopic (exact) mass is 491 g/mol. The van der Waals surface area contributed by atoms with Gasteiger partial charge in [-0.1, -0.05) is 38.1 Å². The number of phenols is 1. The minimum atomic E-state index is -0.584. The van der Waals surface area contributed by atoms with Crippen LogP contribution in [0.25, 0.3) is 0 Å². The minimum Gasteiger partial charge on any atom is -0.504 e. The summed E-state index contributed by atoms with van der Waals surface area (Å²) in [4.78, 5) is 27.0. The van der Waals surface area contributed by atoms with Crippen molar-refractivity contribution >= 4 is 11.8 Å². The number of benzene rings is 2. The number of Topliss-reactive ketones (excluding diaryl/α,β-unsaturated/α-hetero) is 1. The van der Waals surface area contributed by atoms with Crippen LogP contribution in [0.3, 0.4) is 0 Å². The molecule has 0 saturated carbocycles. The van der Waals surface area contributed by atoms with Gasteiger partial charge in [0, 0.05) is 29.7 Å². The van der Waals surface area contributed by atoms with Gasteiger partial charge in [0.05, 0.1) is 32.3 Å². The number of ketones is 1. The second-order valence-corrected chi connectivity index (χ2v) is 9.71. The Hall–Kier alpha value is -3.74. The number of carbonyl (C=O) groups is 2. The lowest BCUT2D eigenvalue weighted by atomic mass is 9.68. The molecule has 4 rings (SSSR count). The molecule has 1 aliphatic heterocycles. The van der Waals surface area contributed by atoms with Crippen molar-refractivity contribution in [3.05, 3.63) is 76.6 Å². The van der Waals surface area contributed by atoms with Gasteiger partial charge in [0.2, 0.25) is 0 Å². The van der Waals surface area contributed by atoms with Gasteiger partial charge in [-0.15, -0.1) is 0 Å². The molecular weight excluding hydrogens is 458 g/mol. The molecule has 1 heterocycles. The number of rotatable bonds is 7. The number of methoxy groups -OCH3 is 2. The van der Waals surface area contributed by atoms with Gasteiger partial charge < -0.3 is 24.6 Å². The van der Waals surface area contributed by atoms with Gasteiger partial charge in [-0.3, -0.25) is 4.79 Å². The van der Waals surface area contributed by atoms with E-state index < -0.39 is 17.8 Å². The molecule has 2 aromatic carbocycles. The standard InChI is InChI=1S/C29H33NO6/c1-16(2)15-36-29(33)26-17(3)30-22-12-20(18-6-9-21(34-4)10-7-18)13-24(32)28(22)27(26)19-8-11-23(31)25(14-19)35-5/h6-12,14,16,20,27-28,30-31H,13,15H2,1-5H3. The third kappa shape index (κ3) is 4.96. The summed E-state index contributed by atoms with van der Waals surface area (Å²) in [6, 6.07) is 12.7. The molecule has 3 unspecified atom stereocenters. The summed E-state index contributed by atoms with van der Waals surface area (Å²) in [6.45, 7) is 6.05. The van der Waals surface area contributed by atoms with Crippen LogP contribution in [0.5, 0.6) is 17.2 Å². The molecule has 0 spiro atoms. The predicted molar refractivity (Wildman–Crippen MR) is 136 cm³/mol. The fourth-order valence-electron chi connectivity index (χ4n) is 4.98. The minimum absolute atomic E-state index is 0.00914. The molecule has 7 nitrogen and oxygen atoms in total. The van der Waals surface area contributed by atoms with Crippen molar-refractivity contribution < 1.29 is 28.9 Å². The maximum absolute atomic E-state index is 13.7. The Balaban J connectivity index is 1.80. The van der Waals surface area contributed by atoms with E-state index in [1.807, 2.05) is 45.0 Å². The van der Waals surface area contributed by atoms with Crippen LogP contribution in [0, 0.1) is 11.8 Å². The zero-order valence-electron chi connectivity index (χ0n) is 21.3. The molecule has 2 N–H and O–H groups in total. The topological polar surface area (TPSA) is 94.1 Å². The number of esters is 1. The van der Waals surface area contributed by atoms with Crippen LogP contribution in [-0.2, 0) is 14.3 Å². The fraction of sp³-hybridized carbons (Fsp3) is 0.379. The summed E-state index contributed by atoms with van der Waals surface area (Å²) in [5.41, 5.74) is 3.55. The number of fused-ring (bicyclic) bond motifs is 1. The lowest BCUT2D eigenvalue weighted by Gasteiger charge is -2.39. The van der Waals surface area contributed by atoms with Crippen molar-refractivity contribution in [3.8, 4) is 17.2 Å². The first-order valence-corrected chi connectivity index (χ1v) is 12.1. The number of allylic oxidation sites excluding steroid dienone is 3. The van der Waals surface area contributed by atoms with E-state index in [1.54, 1.807) is 19.2 Å². The Kier molecular flexibility index (Phi) is 7.38. The van der Waals surface area contributed by atoms with E-state index in [0.717, 1.165) is 17.0 Å². The summed E-state index contributed by atoms with van der Waals surface area (Å²) in [7, 11) is 3.09. The average Bonchev–Trinajstić information content (AvgIpc) is 2.86. The van der Waals surface area contributed by atoms with Gasteiger partial charge >= 0.3 is 5.97 Å². The van der Waals surface area contributed by atoms with Crippen LogP contribution in [0.1, 0.15) is 50.2 Å². The Morgan fingerprint density at radius 2 is 1.75 bits per heavy atom. The lowest BCUT2D eigenvalue weighted by Crippen LogP contribution is -2.42. The summed E-state index contributed by atoms with van der Waals surface area (Å²) in [5, 5.41) is 13.5. The summed E-state index contributed by atoms with van der Waals surface area (Å²) >= 11 is 0. The third-order valence-electron chi connectivity index (χ3n) is 6.74. The highest BCUT2D eigenvalue weighted by molar-refractivity contribution is 5.96. The van der Waals surface area contributed by atoms with Gasteiger partial charge in [0.25, 0.3) is 0 Å². The van der Waals surface area contributed by atoms with Crippen molar-refractivity contribution in [2.24, 2.45) is 11.8 Å². The van der Waals surface area contributed by atoms with Crippen molar-refractivity contribution in [2.45, 2.75) is 39.0 Å². The summed E-state index contributed by atoms with van der Waals surface area (Å²) in [6.07, 6.45) is 2.39. The first kappa shape index (κ1) is 25.4. The number of hydrogen-bond acceptors (Lipinski definition) is 7. The molecule has 0 radical (unpaired) electrons. The SMILES string of the molecule is COc1ccc(C2C=C3NC(C)=C(C(=O)OCC(C)C)C(c4ccc(O)c(OC)c4)C3C(=O)C2)cc1. The maximum Gasteiger partial charge on any atom is 0.336 e. The molecule has 36 heavy (non-hydrogen) atoms. The van der Waals surface area contributed by atoms with Crippen LogP contribution in [0.15, 0.2) is 65.5 Å². The Morgan fingerprint density at radius 1 is 1.06 bits per heavy atom. The van der Waals surface area contributed by atoms with Crippen molar-refractivity contribution in [2.75, 3.05) is 20.8 Å². The molecule has 7 heteroatoms. The van der Waals surface area contributed by atoms with E-state index in [4.69, 9.17) is 14.2 Å². The molecule has 3 atom stereocenters.